The van der Waals surface area contributed by atoms with Gasteiger partial charge in [-0.05, 0) is 118 Å². The van der Waals surface area contributed by atoms with Crippen LogP contribution >= 0.6 is 23.5 Å². The molecule has 658 valence electrons. The molecule has 0 aromatic carbocycles. The third-order valence-electron chi connectivity index (χ3n) is 20.1. The Labute approximate surface area is 702 Å². The molecule has 120 heavy (non-hydrogen) atoms. The van der Waals surface area contributed by atoms with Crippen molar-refractivity contribution in [3.05, 3.63) is 36.9 Å². The summed E-state index contributed by atoms with van der Waals surface area (Å²) in [6, 6.07) is 4.52. The number of hydrogen-bond donors (Lipinski definition) is 3. The molecule has 42 heteroatoms. The zero-order valence-electron chi connectivity index (χ0n) is 68.9. The lowest BCUT2D eigenvalue weighted by molar-refractivity contribution is -0.198. The molecular weight excluding hydrogens is 1610 g/mol. The summed E-state index contributed by atoms with van der Waals surface area (Å²) in [7, 11) is 0. The fraction of sp³-hybridized carbons (Fsp3) is 0.641. The van der Waals surface area contributed by atoms with Crippen molar-refractivity contribution in [1.82, 2.24) is 75.9 Å². The number of Topliss-reactive ketones (excluding diaryl/α,β-unsaturated/α-hetero) is 2. The molecule has 40 nitrogen and oxygen atoms in total. The Balaban J connectivity index is 0.000000233. The number of likely N-dealkylation sites (tertiary alicyclic amines) is 3. The van der Waals surface area contributed by atoms with Crippen molar-refractivity contribution in [3.8, 4) is 0 Å². The normalized spacial score (nSPS) is 20.9. The number of imide groups is 5. The van der Waals surface area contributed by atoms with E-state index in [-0.39, 0.29) is 151 Å². The van der Waals surface area contributed by atoms with Gasteiger partial charge in [-0.25, -0.2) is 43.9 Å². The van der Waals surface area contributed by atoms with E-state index in [1.165, 1.54) is 36.9 Å². The van der Waals surface area contributed by atoms with Crippen molar-refractivity contribution in [1.29, 1.82) is 0 Å². The molecule has 2 aromatic heterocycles. The quantitative estimate of drug-likeness (QED) is 0.0383. The largest absolute Gasteiger partial charge is 0.354 e. The van der Waals surface area contributed by atoms with E-state index in [0.717, 1.165) is 70.6 Å². The molecule has 13 amide bonds. The highest BCUT2D eigenvalue weighted by Crippen LogP contribution is 2.26. The lowest BCUT2D eigenvalue weighted by Crippen LogP contribution is -2.51. The van der Waals surface area contributed by atoms with Crippen LogP contribution in [0.1, 0.15) is 235 Å². The van der Waals surface area contributed by atoms with Gasteiger partial charge in [0.25, 0.3) is 59.1 Å². The fourth-order valence-electron chi connectivity index (χ4n) is 13.4. The van der Waals surface area contributed by atoms with Crippen molar-refractivity contribution in [2.24, 2.45) is 0 Å². The van der Waals surface area contributed by atoms with Gasteiger partial charge in [0, 0.05) is 157 Å². The number of amides is 13. The van der Waals surface area contributed by atoms with Gasteiger partial charge in [-0.15, -0.1) is 25.3 Å². The first-order chi connectivity index (χ1) is 57.2. The first-order valence-electron chi connectivity index (χ1n) is 40.4. The van der Waals surface area contributed by atoms with Gasteiger partial charge in [0.2, 0.25) is 17.7 Å². The lowest BCUT2D eigenvalue weighted by atomic mass is 9.97. The molecule has 8 saturated heterocycles. The molecule has 2 aromatic rings. The van der Waals surface area contributed by atoms with E-state index in [2.05, 4.69) is 97.0 Å². The second-order valence-electron chi connectivity index (χ2n) is 29.7. The van der Waals surface area contributed by atoms with Crippen molar-refractivity contribution in [3.63, 3.8) is 0 Å². The van der Waals surface area contributed by atoms with Crippen molar-refractivity contribution < 1.29 is 120 Å². The standard InChI is InChI=1S/C17H21N3O5S.2C16H25N3O5.C15H23N3O5.C14H15N3O5S/c21-13(12-26-17-18-10-5-11-19-17)6-3-1-2-4-7-16(24)25-20-14(22)8-9-15(20)23;1-10-5-4-6-11(2)18(10)9-13(20)17-12(3)16(23)24-19-14(21)7-8-15(19)22;1-11-4-3-5-12(2)18(11)10-13(20)17-9-8-16(23)24-19-14(21)6-7-15(19)22;1-10-4-3-5-11(2)17(10)9-12(19)16-8-15(22)23-18-13(20)6-7-14(18)21;18-10(9-23-14-15-7-2-8-16-14)3-1-4-13(21)22-17-11(19)5-6-12(17)20/h5,10-11H,1-4,6-9,12H2;10-12H,4-9H2,1-3H3,(H,17,20);11-12H,3-10H2,1-2H3,(H,17,20);10-11H,3-9H2,1-2H3,(H,16,19);2,7-8H,1,3-6,9H2. The van der Waals surface area contributed by atoms with Crippen LogP contribution < -0.4 is 16.0 Å². The van der Waals surface area contributed by atoms with Crippen LogP contribution in [0.5, 0.6) is 0 Å². The minimum absolute atomic E-state index is 0.0324. The van der Waals surface area contributed by atoms with Gasteiger partial charge in [0.05, 0.1) is 37.6 Å². The number of nitrogens with zero attached hydrogens (tertiary/aromatic N) is 12. The second kappa shape index (κ2) is 51.2. The number of ketones is 2. The van der Waals surface area contributed by atoms with Crippen LogP contribution in [0.2, 0.25) is 0 Å². The third kappa shape index (κ3) is 34.3. The molecular formula is C78H109N15O25S2. The van der Waals surface area contributed by atoms with Gasteiger partial charge in [-0.3, -0.25) is 86.6 Å². The Morgan fingerprint density at radius 2 is 0.650 bits per heavy atom. The zero-order valence-corrected chi connectivity index (χ0v) is 70.5. The molecule has 8 aliphatic heterocycles. The summed E-state index contributed by atoms with van der Waals surface area (Å²) in [5.74, 6) is -8.79. The van der Waals surface area contributed by atoms with Crippen LogP contribution in [0.4, 0.5) is 0 Å². The van der Waals surface area contributed by atoms with Crippen molar-refractivity contribution in [2.45, 2.75) is 287 Å². The zero-order chi connectivity index (χ0) is 88.0. The predicted molar refractivity (Wildman–Crippen MR) is 420 cm³/mol. The van der Waals surface area contributed by atoms with Crippen molar-refractivity contribution in [2.75, 3.05) is 44.2 Å². The maximum absolute atomic E-state index is 12.2. The lowest BCUT2D eigenvalue weighted by Gasteiger charge is -2.38. The summed E-state index contributed by atoms with van der Waals surface area (Å²) in [6.45, 7) is 14.5. The summed E-state index contributed by atoms with van der Waals surface area (Å²) in [6.07, 6.45) is 20.9. The SMILES string of the molecule is CC(NC(=O)CN1C(C)CCCC1C)C(=O)ON1C(=O)CCC1=O.CC1CCCC(C)N1CC(=O)NCC(=O)ON1C(=O)CCC1=O.CC1CCCC(C)N1CC(=O)NCCC(=O)ON1C(=O)CCC1=O.O=C(CCCC(=O)ON1C(=O)CCC1=O)CSc1ncccn1.O=C(CCCCCCC(=O)ON1C(=O)CCC1=O)CSc1ncccn1. The van der Waals surface area contributed by atoms with E-state index >= 15 is 0 Å². The number of nitrogens with one attached hydrogen (secondary N) is 3. The average Bonchev–Trinajstić information content (AvgIpc) is 1.79. The van der Waals surface area contributed by atoms with Gasteiger partial charge in [-0.2, -0.15) is 0 Å². The first-order valence-corrected chi connectivity index (χ1v) is 42.4. The van der Waals surface area contributed by atoms with E-state index in [0.29, 0.717) is 103 Å². The maximum Gasteiger partial charge on any atom is 0.354 e. The number of carbonyl (C=O) groups excluding carboxylic acids is 20. The highest BCUT2D eigenvalue weighted by atomic mass is 32.2. The fourth-order valence-corrected chi connectivity index (χ4v) is 14.8. The molecule has 0 radical (unpaired) electrons. The number of hydroxylamine groups is 10. The van der Waals surface area contributed by atoms with Crippen LogP contribution in [0.15, 0.2) is 47.2 Å². The van der Waals surface area contributed by atoms with Gasteiger partial charge in [-0.1, -0.05) is 55.6 Å². The summed E-state index contributed by atoms with van der Waals surface area (Å²) in [5, 5.41) is 11.4. The van der Waals surface area contributed by atoms with Crippen LogP contribution in [0.25, 0.3) is 0 Å². The summed E-state index contributed by atoms with van der Waals surface area (Å²) in [5.41, 5.74) is 0. The van der Waals surface area contributed by atoms with Crippen LogP contribution in [-0.4, -0.2) is 265 Å². The molecule has 8 aliphatic rings. The Morgan fingerprint density at radius 1 is 0.367 bits per heavy atom. The summed E-state index contributed by atoms with van der Waals surface area (Å²) < 4.78 is 0. The Morgan fingerprint density at radius 3 is 1.00 bits per heavy atom. The minimum Gasteiger partial charge on any atom is -0.354 e. The van der Waals surface area contributed by atoms with Crippen LogP contribution in [0.3, 0.4) is 0 Å². The van der Waals surface area contributed by atoms with Gasteiger partial charge in [0.1, 0.15) is 24.2 Å². The van der Waals surface area contributed by atoms with Gasteiger partial charge >= 0.3 is 29.8 Å². The van der Waals surface area contributed by atoms with E-state index in [1.807, 2.05) is 0 Å². The van der Waals surface area contributed by atoms with Gasteiger partial charge in [0.15, 0.2) is 10.3 Å². The second-order valence-corrected chi connectivity index (χ2v) is 31.6. The van der Waals surface area contributed by atoms with E-state index in [1.54, 1.807) is 36.9 Å². The molecule has 0 spiro atoms. The number of piperidine rings is 3. The molecule has 10 heterocycles. The number of thioether (sulfide) groups is 2. The monoisotopic (exact) mass is 1720 g/mol. The Hall–Kier alpha value is -10.5. The summed E-state index contributed by atoms with van der Waals surface area (Å²) >= 11 is 2.55. The smallest absolute Gasteiger partial charge is 0.354 e. The van der Waals surface area contributed by atoms with E-state index in [9.17, 15) is 95.9 Å². The van der Waals surface area contributed by atoms with Crippen LogP contribution in [-0.2, 0) is 120 Å². The van der Waals surface area contributed by atoms with Crippen LogP contribution in [0, 0.1) is 0 Å². The van der Waals surface area contributed by atoms with E-state index in [4.69, 9.17) is 19.4 Å². The number of carbonyl (C=O) groups is 20. The van der Waals surface area contributed by atoms with E-state index < -0.39 is 95.0 Å². The number of rotatable bonds is 35. The summed E-state index contributed by atoms with van der Waals surface area (Å²) in [4.78, 5) is 278. The Bertz CT molecular complexity index is 3870. The highest BCUT2D eigenvalue weighted by Gasteiger charge is 2.39. The maximum atomic E-state index is 12.2. The highest BCUT2D eigenvalue weighted by molar-refractivity contribution is 8.00. The molecule has 8 fully saturated rings. The third-order valence-corrected chi connectivity index (χ3v) is 22.0. The molecule has 3 N–H and O–H groups in total. The number of hydrogen-bond acceptors (Lipinski definition) is 34. The Kier molecular flexibility index (Phi) is 42.0. The van der Waals surface area contributed by atoms with Gasteiger partial charge < -0.3 is 40.1 Å². The molecule has 7 unspecified atom stereocenters. The molecule has 0 bridgehead atoms. The molecule has 0 aliphatic carbocycles. The molecule has 0 saturated carbocycles. The average molecular weight is 1720 g/mol. The molecule has 10 rings (SSSR count). The topological polar surface area (TPSA) is 501 Å². The first kappa shape index (κ1) is 98.4. The predicted octanol–water partition coefficient (Wildman–Crippen LogP) is 3.70. The van der Waals surface area contributed by atoms with Crippen molar-refractivity contribution >= 4 is 142 Å². The number of unbranched alkanes of at least 4 members (excludes halogenated alkanes) is 3. The number of aromatic nitrogens is 4. The minimum atomic E-state index is -0.936. The molecule has 7 atom stereocenters.